The van der Waals surface area contributed by atoms with Crippen LogP contribution in [0.1, 0.15) is 27.0 Å². The van der Waals surface area contributed by atoms with Crippen LogP contribution in [0.4, 0.5) is 10.1 Å². The van der Waals surface area contributed by atoms with Gasteiger partial charge < -0.3 is 10.1 Å². The number of nitrogens with one attached hydrogen (secondary N) is 3. The summed E-state index contributed by atoms with van der Waals surface area (Å²) in [6.45, 7) is 1.42. The van der Waals surface area contributed by atoms with Gasteiger partial charge in [-0.15, -0.1) is 11.3 Å². The largest absolute Gasteiger partial charge is 0.478 e. The predicted octanol–water partition coefficient (Wildman–Crippen LogP) is 3.37. The minimum absolute atomic E-state index is 0.0758. The third-order valence-corrected chi connectivity index (χ3v) is 4.84. The first kappa shape index (κ1) is 21.0. The zero-order valence-corrected chi connectivity index (χ0v) is 16.7. The van der Waals surface area contributed by atoms with E-state index in [2.05, 4.69) is 16.2 Å². The van der Waals surface area contributed by atoms with Crippen LogP contribution in [0, 0.1) is 5.82 Å². The van der Waals surface area contributed by atoms with Crippen LogP contribution in [-0.2, 0) is 4.79 Å². The number of thiophene rings is 1. The van der Waals surface area contributed by atoms with Gasteiger partial charge in [0.2, 0.25) is 0 Å². The van der Waals surface area contributed by atoms with Gasteiger partial charge in [0.15, 0.2) is 17.7 Å². The van der Waals surface area contributed by atoms with Crippen LogP contribution in [0.25, 0.3) is 0 Å². The Bertz CT molecular complexity index is 1060. The monoisotopic (exact) mass is 427 g/mol. The number of rotatable bonds is 6. The molecule has 2 aromatic carbocycles. The van der Waals surface area contributed by atoms with Crippen LogP contribution >= 0.6 is 11.3 Å². The molecule has 0 aliphatic carbocycles. The highest BCUT2D eigenvalue weighted by molar-refractivity contribution is 7.12. The van der Waals surface area contributed by atoms with Crippen molar-refractivity contribution < 1.29 is 23.5 Å². The van der Waals surface area contributed by atoms with E-state index in [1.54, 1.807) is 41.8 Å². The van der Waals surface area contributed by atoms with Gasteiger partial charge in [0.25, 0.3) is 17.7 Å². The predicted molar refractivity (Wildman–Crippen MR) is 111 cm³/mol. The maximum Gasteiger partial charge on any atom is 0.279 e. The van der Waals surface area contributed by atoms with E-state index in [-0.39, 0.29) is 17.2 Å². The third-order valence-electron chi connectivity index (χ3n) is 3.97. The molecular weight excluding hydrogens is 409 g/mol. The Hall–Kier alpha value is -3.72. The zero-order valence-electron chi connectivity index (χ0n) is 15.8. The summed E-state index contributed by atoms with van der Waals surface area (Å²) < 4.78 is 18.9. The third kappa shape index (κ3) is 5.21. The minimum Gasteiger partial charge on any atom is -0.478 e. The van der Waals surface area contributed by atoms with Gasteiger partial charge in [0.1, 0.15) is 0 Å². The molecule has 0 fully saturated rings. The standard InChI is InChI=1S/C21H18FN3O4S/c1-13(29-17-10-5-3-8-15(17)22)19(26)24-25-20(27)14-7-2-4-9-16(14)23-21(28)18-11-6-12-30-18/h2-13H,1H3,(H,23,28)(H,24,26)(H,25,27)/t13-/m1/s1. The van der Waals surface area contributed by atoms with Crippen LogP contribution in [0.3, 0.4) is 0 Å². The number of hydrogen-bond donors (Lipinski definition) is 3. The molecule has 3 rings (SSSR count). The smallest absolute Gasteiger partial charge is 0.279 e. The molecule has 1 aromatic heterocycles. The summed E-state index contributed by atoms with van der Waals surface area (Å²) >= 11 is 1.27. The Morgan fingerprint density at radius 3 is 2.40 bits per heavy atom. The molecule has 1 atom stereocenters. The Balaban J connectivity index is 1.60. The number of ether oxygens (including phenoxy) is 1. The molecule has 0 saturated heterocycles. The number of halogens is 1. The number of hydrogen-bond acceptors (Lipinski definition) is 5. The summed E-state index contributed by atoms with van der Waals surface area (Å²) in [6.07, 6.45) is -1.06. The molecule has 3 N–H and O–H groups in total. The van der Waals surface area contributed by atoms with E-state index in [1.165, 1.54) is 42.5 Å². The van der Waals surface area contributed by atoms with Crippen LogP contribution < -0.4 is 20.9 Å². The van der Waals surface area contributed by atoms with Crippen molar-refractivity contribution in [1.29, 1.82) is 0 Å². The van der Waals surface area contributed by atoms with E-state index < -0.39 is 23.7 Å². The SMILES string of the molecule is C[C@@H](Oc1ccccc1F)C(=O)NNC(=O)c1ccccc1NC(=O)c1cccs1. The number of carbonyl (C=O) groups is 3. The summed E-state index contributed by atoms with van der Waals surface area (Å²) in [5.41, 5.74) is 4.95. The van der Waals surface area contributed by atoms with Gasteiger partial charge in [-0.05, 0) is 42.6 Å². The molecule has 0 saturated carbocycles. The second kappa shape index (κ2) is 9.66. The van der Waals surface area contributed by atoms with Gasteiger partial charge in [0, 0.05) is 0 Å². The number of para-hydroxylation sites is 2. The van der Waals surface area contributed by atoms with Crippen LogP contribution in [0.2, 0.25) is 0 Å². The van der Waals surface area contributed by atoms with Gasteiger partial charge >= 0.3 is 0 Å². The second-order valence-corrected chi connectivity index (χ2v) is 7.06. The Kier molecular flexibility index (Phi) is 6.76. The topological polar surface area (TPSA) is 96.5 Å². The lowest BCUT2D eigenvalue weighted by atomic mass is 10.1. The van der Waals surface area contributed by atoms with Crippen LogP contribution in [0.15, 0.2) is 66.0 Å². The van der Waals surface area contributed by atoms with Crippen molar-refractivity contribution in [3.05, 3.63) is 82.3 Å². The van der Waals surface area contributed by atoms with Crippen LogP contribution in [0.5, 0.6) is 5.75 Å². The molecule has 0 aliphatic heterocycles. The molecular formula is C21H18FN3O4S. The molecule has 0 unspecified atom stereocenters. The average Bonchev–Trinajstić information content (AvgIpc) is 3.29. The van der Waals surface area contributed by atoms with E-state index in [9.17, 15) is 18.8 Å². The van der Waals surface area contributed by atoms with E-state index in [4.69, 9.17) is 4.74 Å². The summed E-state index contributed by atoms with van der Waals surface area (Å²) in [5.74, 6) is -2.33. The Labute approximate surface area is 175 Å². The average molecular weight is 427 g/mol. The maximum absolute atomic E-state index is 13.6. The number of amides is 3. The highest BCUT2D eigenvalue weighted by Gasteiger charge is 2.19. The van der Waals surface area contributed by atoms with Crippen molar-refractivity contribution in [2.24, 2.45) is 0 Å². The van der Waals surface area contributed by atoms with Crippen molar-refractivity contribution in [2.45, 2.75) is 13.0 Å². The fourth-order valence-corrected chi connectivity index (χ4v) is 3.07. The maximum atomic E-state index is 13.6. The number of anilines is 1. The quantitative estimate of drug-likeness (QED) is 0.526. The number of benzene rings is 2. The number of hydrazine groups is 1. The lowest BCUT2D eigenvalue weighted by molar-refractivity contribution is -0.128. The van der Waals surface area contributed by atoms with Crippen molar-refractivity contribution in [1.82, 2.24) is 10.9 Å². The second-order valence-electron chi connectivity index (χ2n) is 6.11. The molecule has 30 heavy (non-hydrogen) atoms. The molecule has 3 aromatic rings. The first-order chi connectivity index (χ1) is 14.5. The molecule has 0 spiro atoms. The minimum atomic E-state index is -1.06. The molecule has 3 amide bonds. The van der Waals surface area contributed by atoms with Crippen molar-refractivity contribution in [2.75, 3.05) is 5.32 Å². The number of carbonyl (C=O) groups excluding carboxylic acids is 3. The Morgan fingerprint density at radius 2 is 1.67 bits per heavy atom. The van der Waals surface area contributed by atoms with Gasteiger partial charge in [-0.2, -0.15) is 0 Å². The van der Waals surface area contributed by atoms with Gasteiger partial charge in [-0.25, -0.2) is 4.39 Å². The normalized spacial score (nSPS) is 11.3. The Morgan fingerprint density at radius 1 is 0.933 bits per heavy atom. The highest BCUT2D eigenvalue weighted by Crippen LogP contribution is 2.18. The fraction of sp³-hybridized carbons (Fsp3) is 0.0952. The molecule has 0 bridgehead atoms. The summed E-state index contributed by atoms with van der Waals surface area (Å²) in [7, 11) is 0. The zero-order chi connectivity index (χ0) is 21.5. The lowest BCUT2D eigenvalue weighted by Gasteiger charge is -2.16. The van der Waals surface area contributed by atoms with E-state index in [0.717, 1.165) is 0 Å². The lowest BCUT2D eigenvalue weighted by Crippen LogP contribution is -2.47. The first-order valence-corrected chi connectivity index (χ1v) is 9.79. The fourth-order valence-electron chi connectivity index (χ4n) is 2.45. The van der Waals surface area contributed by atoms with Crippen molar-refractivity contribution >= 4 is 34.7 Å². The molecule has 7 nitrogen and oxygen atoms in total. The van der Waals surface area contributed by atoms with E-state index >= 15 is 0 Å². The molecule has 0 aliphatic rings. The molecule has 154 valence electrons. The summed E-state index contributed by atoms with van der Waals surface area (Å²) in [6, 6.07) is 15.5. The summed E-state index contributed by atoms with van der Waals surface area (Å²) in [4.78, 5) is 37.4. The first-order valence-electron chi connectivity index (χ1n) is 8.91. The summed E-state index contributed by atoms with van der Waals surface area (Å²) in [5, 5.41) is 4.45. The van der Waals surface area contributed by atoms with Gasteiger partial charge in [0.05, 0.1) is 16.1 Å². The van der Waals surface area contributed by atoms with Gasteiger partial charge in [-0.1, -0.05) is 30.3 Å². The molecule has 1 heterocycles. The van der Waals surface area contributed by atoms with Crippen molar-refractivity contribution in [3.63, 3.8) is 0 Å². The highest BCUT2D eigenvalue weighted by atomic mass is 32.1. The van der Waals surface area contributed by atoms with E-state index in [0.29, 0.717) is 10.6 Å². The van der Waals surface area contributed by atoms with Crippen molar-refractivity contribution in [3.8, 4) is 5.75 Å². The van der Waals surface area contributed by atoms with Crippen LogP contribution in [-0.4, -0.2) is 23.8 Å². The van der Waals surface area contributed by atoms with Gasteiger partial charge in [-0.3, -0.25) is 25.2 Å². The molecule has 0 radical (unpaired) electrons. The molecule has 9 heteroatoms. The van der Waals surface area contributed by atoms with E-state index in [1.807, 2.05) is 0 Å².